The number of Topliss-reactive ketones (excluding diaryl/α,β-unsaturated/α-hetero) is 1. The van der Waals surface area contributed by atoms with E-state index >= 15 is 0 Å². The topological polar surface area (TPSA) is 42.9 Å². The lowest BCUT2D eigenvalue weighted by Gasteiger charge is -1.99. The number of nitrogens with zero attached hydrogens (tertiary/aromatic N) is 2. The second kappa shape index (κ2) is 4.09. The summed E-state index contributed by atoms with van der Waals surface area (Å²) in [5.41, 5.74) is 1.73. The van der Waals surface area contributed by atoms with Crippen LogP contribution in [0.3, 0.4) is 0 Å². The van der Waals surface area contributed by atoms with E-state index in [2.05, 4.69) is 22.1 Å². The van der Waals surface area contributed by atoms with Gasteiger partial charge in [0.1, 0.15) is 5.69 Å². The van der Waals surface area contributed by atoms with Crippen molar-refractivity contribution in [3.8, 4) is 0 Å². The summed E-state index contributed by atoms with van der Waals surface area (Å²) in [4.78, 5) is 20.1. The maximum Gasteiger partial charge on any atom is 0.186 e. The number of carbonyl (C=O) groups is 1. The van der Waals surface area contributed by atoms with Crippen LogP contribution >= 0.6 is 0 Å². The molecular weight excluding hydrogens is 212 g/mol. The molecule has 1 aromatic heterocycles. The van der Waals surface area contributed by atoms with E-state index in [0.29, 0.717) is 11.6 Å². The molecule has 0 N–H and O–H groups in total. The normalized spacial score (nSPS) is 22.1. The summed E-state index contributed by atoms with van der Waals surface area (Å²) in [6, 6.07) is 10.2. The summed E-state index contributed by atoms with van der Waals surface area (Å²) >= 11 is 0. The van der Waals surface area contributed by atoms with E-state index in [0.717, 1.165) is 6.42 Å². The Kier molecular flexibility index (Phi) is 2.44. The van der Waals surface area contributed by atoms with Crippen molar-refractivity contribution in [3.63, 3.8) is 0 Å². The number of carbonyl (C=O) groups excluding carboxylic acids is 1. The van der Waals surface area contributed by atoms with Crippen LogP contribution in [0.1, 0.15) is 28.4 Å². The van der Waals surface area contributed by atoms with E-state index in [9.17, 15) is 4.79 Å². The summed E-state index contributed by atoms with van der Waals surface area (Å²) in [6.07, 6.45) is 5.62. The van der Waals surface area contributed by atoms with E-state index in [1.165, 1.54) is 5.56 Å². The standard InChI is InChI=1S/C14H12N2O/c17-14(13-9-15-6-7-16-13)12-8-11(12)10-4-2-1-3-5-10/h1-7,9,11-12H,8H2. The van der Waals surface area contributed by atoms with E-state index < -0.39 is 0 Å². The van der Waals surface area contributed by atoms with Gasteiger partial charge in [0.15, 0.2) is 5.78 Å². The third-order valence-electron chi connectivity index (χ3n) is 3.17. The molecule has 84 valence electrons. The molecular formula is C14H12N2O. The SMILES string of the molecule is O=C(c1cnccn1)C1CC1c1ccccc1. The molecule has 0 amide bonds. The second-order valence-electron chi connectivity index (χ2n) is 4.31. The Morgan fingerprint density at radius 2 is 2.00 bits per heavy atom. The van der Waals surface area contributed by atoms with Crippen LogP contribution in [-0.4, -0.2) is 15.8 Å². The zero-order chi connectivity index (χ0) is 11.7. The van der Waals surface area contributed by atoms with E-state index in [1.54, 1.807) is 18.6 Å². The lowest BCUT2D eigenvalue weighted by molar-refractivity contribution is 0.0960. The maximum absolute atomic E-state index is 12.1. The molecule has 3 rings (SSSR count). The summed E-state index contributed by atoms with van der Waals surface area (Å²) in [5.74, 6) is 0.576. The van der Waals surface area contributed by atoms with E-state index in [-0.39, 0.29) is 11.7 Å². The molecule has 0 spiro atoms. The van der Waals surface area contributed by atoms with Gasteiger partial charge in [0.25, 0.3) is 0 Å². The van der Waals surface area contributed by atoms with Crippen molar-refractivity contribution in [1.82, 2.24) is 9.97 Å². The van der Waals surface area contributed by atoms with Gasteiger partial charge in [0, 0.05) is 18.3 Å². The van der Waals surface area contributed by atoms with Gasteiger partial charge in [-0.15, -0.1) is 0 Å². The minimum atomic E-state index is 0.0918. The van der Waals surface area contributed by atoms with Crippen molar-refractivity contribution in [2.75, 3.05) is 0 Å². The Morgan fingerprint density at radius 1 is 1.18 bits per heavy atom. The summed E-state index contributed by atoms with van der Waals surface area (Å²) in [7, 11) is 0. The average molecular weight is 224 g/mol. The van der Waals surface area contributed by atoms with Gasteiger partial charge in [-0.2, -0.15) is 0 Å². The zero-order valence-corrected chi connectivity index (χ0v) is 9.28. The second-order valence-corrected chi connectivity index (χ2v) is 4.31. The molecule has 0 radical (unpaired) electrons. The van der Waals surface area contributed by atoms with Crippen molar-refractivity contribution in [2.45, 2.75) is 12.3 Å². The van der Waals surface area contributed by atoms with Crippen LogP contribution < -0.4 is 0 Å². The molecule has 2 unspecified atom stereocenters. The first-order valence-electron chi connectivity index (χ1n) is 5.71. The maximum atomic E-state index is 12.1. The predicted molar refractivity (Wildman–Crippen MR) is 63.7 cm³/mol. The molecule has 2 aromatic rings. The van der Waals surface area contributed by atoms with Crippen LogP contribution in [0.15, 0.2) is 48.9 Å². The summed E-state index contributed by atoms with van der Waals surface area (Å²) in [5, 5.41) is 0. The quantitative estimate of drug-likeness (QED) is 0.752. The van der Waals surface area contributed by atoms with Gasteiger partial charge in [-0.1, -0.05) is 30.3 Å². The Hall–Kier alpha value is -2.03. The van der Waals surface area contributed by atoms with Gasteiger partial charge >= 0.3 is 0 Å². The third-order valence-corrected chi connectivity index (χ3v) is 3.17. The van der Waals surface area contributed by atoms with Crippen molar-refractivity contribution in [3.05, 3.63) is 60.2 Å². The molecule has 17 heavy (non-hydrogen) atoms. The molecule has 1 fully saturated rings. The number of hydrogen-bond acceptors (Lipinski definition) is 3. The fourth-order valence-electron chi connectivity index (χ4n) is 2.17. The zero-order valence-electron chi connectivity index (χ0n) is 9.28. The highest BCUT2D eigenvalue weighted by atomic mass is 16.1. The monoisotopic (exact) mass is 224 g/mol. The predicted octanol–water partition coefficient (Wildman–Crippen LogP) is 2.46. The van der Waals surface area contributed by atoms with Gasteiger partial charge in [-0.25, -0.2) is 4.98 Å². The van der Waals surface area contributed by atoms with Gasteiger partial charge in [-0.3, -0.25) is 9.78 Å². The first-order chi connectivity index (χ1) is 8.36. The molecule has 0 saturated heterocycles. The largest absolute Gasteiger partial charge is 0.292 e. The summed E-state index contributed by atoms with van der Waals surface area (Å²) in [6.45, 7) is 0. The fourth-order valence-corrected chi connectivity index (χ4v) is 2.17. The molecule has 1 heterocycles. The lowest BCUT2D eigenvalue weighted by Crippen LogP contribution is -2.05. The smallest absolute Gasteiger partial charge is 0.186 e. The highest BCUT2D eigenvalue weighted by molar-refractivity contribution is 5.98. The highest BCUT2D eigenvalue weighted by Gasteiger charge is 2.44. The van der Waals surface area contributed by atoms with Gasteiger partial charge in [-0.05, 0) is 17.9 Å². The Morgan fingerprint density at radius 3 is 2.71 bits per heavy atom. The van der Waals surface area contributed by atoms with Gasteiger partial charge in [0.2, 0.25) is 0 Å². The lowest BCUT2D eigenvalue weighted by atomic mass is 10.1. The van der Waals surface area contributed by atoms with Crippen molar-refractivity contribution < 1.29 is 4.79 Å². The van der Waals surface area contributed by atoms with Crippen molar-refractivity contribution in [1.29, 1.82) is 0 Å². The van der Waals surface area contributed by atoms with Crippen LogP contribution in [0.2, 0.25) is 0 Å². The van der Waals surface area contributed by atoms with E-state index in [1.807, 2.05) is 18.2 Å². The molecule has 3 heteroatoms. The number of rotatable bonds is 3. The van der Waals surface area contributed by atoms with Crippen LogP contribution in [0.25, 0.3) is 0 Å². The third kappa shape index (κ3) is 1.96. The van der Waals surface area contributed by atoms with E-state index in [4.69, 9.17) is 0 Å². The molecule has 3 nitrogen and oxygen atoms in total. The number of hydrogen-bond donors (Lipinski definition) is 0. The molecule has 1 aliphatic rings. The number of aromatic nitrogens is 2. The summed E-state index contributed by atoms with van der Waals surface area (Å²) < 4.78 is 0. The Labute approximate surface area is 99.5 Å². The highest BCUT2D eigenvalue weighted by Crippen LogP contribution is 2.48. The molecule has 1 saturated carbocycles. The van der Waals surface area contributed by atoms with Gasteiger partial charge in [0.05, 0.1) is 6.20 Å². The Balaban J connectivity index is 1.76. The van der Waals surface area contributed by atoms with Crippen molar-refractivity contribution in [2.24, 2.45) is 5.92 Å². The molecule has 2 atom stereocenters. The molecule has 1 aromatic carbocycles. The Bertz CT molecular complexity index is 524. The average Bonchev–Trinajstić information content (AvgIpc) is 3.20. The fraction of sp³-hybridized carbons (Fsp3) is 0.214. The number of ketones is 1. The molecule has 0 bridgehead atoms. The van der Waals surface area contributed by atoms with Crippen molar-refractivity contribution >= 4 is 5.78 Å². The van der Waals surface area contributed by atoms with Crippen LogP contribution in [0.4, 0.5) is 0 Å². The van der Waals surface area contributed by atoms with Gasteiger partial charge < -0.3 is 0 Å². The molecule has 1 aliphatic carbocycles. The first-order valence-corrected chi connectivity index (χ1v) is 5.71. The van der Waals surface area contributed by atoms with Crippen LogP contribution in [0, 0.1) is 5.92 Å². The van der Waals surface area contributed by atoms with Crippen LogP contribution in [-0.2, 0) is 0 Å². The minimum Gasteiger partial charge on any atom is -0.292 e. The van der Waals surface area contributed by atoms with Crippen LogP contribution in [0.5, 0.6) is 0 Å². The number of benzene rings is 1. The first kappa shape index (κ1) is 10.1. The minimum absolute atomic E-state index is 0.0918. The molecule has 0 aliphatic heterocycles.